The highest BCUT2D eigenvalue weighted by Crippen LogP contribution is 2.31. The van der Waals surface area contributed by atoms with Crippen LogP contribution in [0.5, 0.6) is 0 Å². The van der Waals surface area contributed by atoms with Gasteiger partial charge >= 0.3 is 6.18 Å². The number of nitrogens with one attached hydrogen (secondary N) is 2. The highest BCUT2D eigenvalue weighted by Gasteiger charge is 2.30. The average molecular weight is 706 g/mol. The summed E-state index contributed by atoms with van der Waals surface area (Å²) in [4.78, 5) is 50.3. The molecule has 3 aromatic carbocycles. The van der Waals surface area contributed by atoms with Gasteiger partial charge in [0.25, 0.3) is 17.7 Å². The number of nitrogens with zero attached hydrogens (tertiary/aromatic N) is 4. The van der Waals surface area contributed by atoms with Crippen LogP contribution in [0, 0.1) is 0 Å². The number of amides is 3. The number of anilines is 3. The fourth-order valence-electron chi connectivity index (χ4n) is 5.82. The first kappa shape index (κ1) is 37.1. The maximum atomic E-state index is 13.5. The molecule has 3 aromatic rings. The number of hydrogen-bond donors (Lipinski definition) is 3. The molecule has 2 aliphatic heterocycles. The first-order chi connectivity index (χ1) is 24.5. The number of benzene rings is 3. The third-order valence-electron chi connectivity index (χ3n) is 8.70. The lowest BCUT2D eigenvalue weighted by molar-refractivity contribution is -0.137. The van der Waals surface area contributed by atoms with E-state index >= 15 is 0 Å². The molecule has 5 rings (SSSR count). The number of morpholine rings is 1. The van der Waals surface area contributed by atoms with Gasteiger partial charge in [0.1, 0.15) is 5.84 Å². The first-order valence-corrected chi connectivity index (χ1v) is 16.8. The number of carbonyl (C=O) groups excluding carboxylic acids is 3. The van der Waals surface area contributed by atoms with Gasteiger partial charge in [-0.1, -0.05) is 12.1 Å². The number of ether oxygens (including phenoxy) is 1. The quantitative estimate of drug-likeness (QED) is 0.177. The number of piperidine rings is 1. The molecule has 2 fully saturated rings. The van der Waals surface area contributed by atoms with Crippen molar-refractivity contribution in [2.45, 2.75) is 25.4 Å². The third kappa shape index (κ3) is 10.4. The molecule has 270 valence electrons. The second-order valence-electron chi connectivity index (χ2n) is 12.4. The van der Waals surface area contributed by atoms with Gasteiger partial charge in [-0.3, -0.25) is 19.3 Å². The molecule has 0 aliphatic carbocycles. The molecule has 0 saturated carbocycles. The van der Waals surface area contributed by atoms with E-state index in [0.717, 1.165) is 63.3 Å². The zero-order chi connectivity index (χ0) is 36.4. The van der Waals surface area contributed by atoms with Crippen molar-refractivity contribution in [1.29, 1.82) is 0 Å². The zero-order valence-corrected chi connectivity index (χ0v) is 28.4. The number of rotatable bonds is 11. The van der Waals surface area contributed by atoms with Crippen LogP contribution in [0.25, 0.3) is 0 Å². The summed E-state index contributed by atoms with van der Waals surface area (Å²) in [5, 5.41) is 5.50. The lowest BCUT2D eigenvalue weighted by Crippen LogP contribution is -2.41. The summed E-state index contributed by atoms with van der Waals surface area (Å²) in [7, 11) is 1.72. The van der Waals surface area contributed by atoms with E-state index in [1.165, 1.54) is 30.5 Å². The maximum Gasteiger partial charge on any atom is 0.416 e. The van der Waals surface area contributed by atoms with Gasteiger partial charge in [-0.25, -0.2) is 0 Å². The van der Waals surface area contributed by atoms with Gasteiger partial charge in [0.05, 0.1) is 30.0 Å². The number of likely N-dealkylation sites (N-methyl/N-ethyl adjacent to an activating group) is 1. The van der Waals surface area contributed by atoms with E-state index in [9.17, 15) is 27.6 Å². The Balaban J connectivity index is 1.31. The predicted octanol–water partition coefficient (Wildman–Crippen LogP) is 5.48. The van der Waals surface area contributed by atoms with E-state index in [0.29, 0.717) is 31.9 Å². The van der Waals surface area contributed by atoms with Crippen molar-refractivity contribution in [3.05, 3.63) is 101 Å². The molecule has 0 radical (unpaired) electrons. The molecule has 0 unspecified atom stereocenters. The lowest BCUT2D eigenvalue weighted by Gasteiger charge is -2.29. The Kier molecular flexibility index (Phi) is 12.5. The van der Waals surface area contributed by atoms with Crippen molar-refractivity contribution in [2.24, 2.45) is 10.7 Å². The van der Waals surface area contributed by atoms with Crippen LogP contribution < -0.4 is 21.3 Å². The number of hydrogen-bond acceptors (Lipinski definition) is 7. The fourth-order valence-corrected chi connectivity index (χ4v) is 5.82. The predicted molar refractivity (Wildman–Crippen MR) is 191 cm³/mol. The van der Waals surface area contributed by atoms with Crippen molar-refractivity contribution in [2.75, 3.05) is 75.1 Å². The van der Waals surface area contributed by atoms with Crippen LogP contribution in [0.4, 0.5) is 30.2 Å². The molecule has 0 bridgehead atoms. The minimum atomic E-state index is -4.50. The molecule has 11 nitrogen and oxygen atoms in total. The molecule has 0 spiro atoms. The molecule has 0 aromatic heterocycles. The largest absolute Gasteiger partial charge is 0.416 e. The number of nitrogens with two attached hydrogens (primary N) is 1. The van der Waals surface area contributed by atoms with Crippen LogP contribution in [0.1, 0.15) is 55.9 Å². The van der Waals surface area contributed by atoms with Gasteiger partial charge in [0.15, 0.2) is 0 Å². The molecule has 0 atom stereocenters. The molecule has 51 heavy (non-hydrogen) atoms. The monoisotopic (exact) mass is 705 g/mol. The van der Waals surface area contributed by atoms with Crippen molar-refractivity contribution >= 4 is 40.6 Å². The summed E-state index contributed by atoms with van der Waals surface area (Å²) in [5.41, 5.74) is 7.05. The fraction of sp³-hybridized carbons (Fsp3) is 0.351. The molecule has 14 heteroatoms. The van der Waals surface area contributed by atoms with E-state index in [-0.39, 0.29) is 34.2 Å². The van der Waals surface area contributed by atoms with Gasteiger partial charge in [-0.05, 0) is 79.9 Å². The topological polar surface area (TPSA) is 133 Å². The Hall–Kier alpha value is -5.21. The van der Waals surface area contributed by atoms with Gasteiger partial charge in [-0.15, -0.1) is 0 Å². The number of carbonyl (C=O) groups is 3. The van der Waals surface area contributed by atoms with Crippen LogP contribution in [0.2, 0.25) is 0 Å². The second kappa shape index (κ2) is 17.1. The van der Waals surface area contributed by atoms with Crippen molar-refractivity contribution in [1.82, 2.24) is 9.80 Å². The molecule has 2 aliphatic rings. The minimum absolute atomic E-state index is 0.101. The maximum absolute atomic E-state index is 13.5. The molecular weight excluding hydrogens is 663 g/mol. The summed E-state index contributed by atoms with van der Waals surface area (Å²) >= 11 is 0. The molecule has 3 amide bonds. The van der Waals surface area contributed by atoms with Crippen LogP contribution >= 0.6 is 0 Å². The summed E-state index contributed by atoms with van der Waals surface area (Å²) in [6, 6.07) is 16.1. The second-order valence-corrected chi connectivity index (χ2v) is 12.4. The van der Waals surface area contributed by atoms with Crippen molar-refractivity contribution in [3.63, 3.8) is 0 Å². The van der Waals surface area contributed by atoms with E-state index < -0.39 is 23.6 Å². The molecular formula is C37H42F3N7O4. The van der Waals surface area contributed by atoms with E-state index in [2.05, 4.69) is 25.4 Å². The van der Waals surface area contributed by atoms with Crippen LogP contribution in [0.15, 0.2) is 84.0 Å². The average Bonchev–Trinajstić information content (AvgIpc) is 3.14. The third-order valence-corrected chi connectivity index (χ3v) is 8.70. The van der Waals surface area contributed by atoms with Gasteiger partial charge in [0.2, 0.25) is 0 Å². The van der Waals surface area contributed by atoms with Gasteiger partial charge in [-0.2, -0.15) is 18.2 Å². The van der Waals surface area contributed by atoms with Crippen LogP contribution in [-0.4, -0.2) is 92.9 Å². The zero-order valence-electron chi connectivity index (χ0n) is 28.4. The Morgan fingerprint density at radius 3 is 2.41 bits per heavy atom. The smallest absolute Gasteiger partial charge is 0.384 e. The minimum Gasteiger partial charge on any atom is -0.384 e. The van der Waals surface area contributed by atoms with E-state index in [4.69, 9.17) is 10.5 Å². The summed E-state index contributed by atoms with van der Waals surface area (Å²) in [6.07, 6.45) is 1.17. The van der Waals surface area contributed by atoms with Crippen molar-refractivity contribution < 1.29 is 32.3 Å². The van der Waals surface area contributed by atoms with Gasteiger partial charge < -0.3 is 30.9 Å². The highest BCUT2D eigenvalue weighted by molar-refractivity contribution is 6.13. The summed E-state index contributed by atoms with van der Waals surface area (Å²) < 4.78 is 44.6. The van der Waals surface area contributed by atoms with Crippen LogP contribution in [-0.2, 0) is 10.9 Å². The molecule has 2 saturated heterocycles. The number of amidine groups is 1. The summed E-state index contributed by atoms with van der Waals surface area (Å²) in [5.74, 6) is -1.68. The van der Waals surface area contributed by atoms with E-state index in [1.54, 1.807) is 42.3 Å². The standard InChI is InChI=1S/C37H42F3N7O4/c1-45(17-18-46-19-21-51-22-20-46)36(50)27-8-5-7-26(23-27)34(48)43-32-12-11-30(47-15-3-2-4-16-47)25-31(32)35(49)44-33(41)13-14-42-29-10-6-9-28(24-29)37(38,39)40/h5-14,23-25,42H,2-4,15-22H2,1H3,(H,43,48)(H2,41,44,49)/b14-13-. The molecule has 4 N–H and O–H groups in total. The summed E-state index contributed by atoms with van der Waals surface area (Å²) in [6.45, 7) is 5.84. The van der Waals surface area contributed by atoms with E-state index in [1.807, 2.05) is 6.07 Å². The first-order valence-electron chi connectivity index (χ1n) is 16.8. The normalized spacial score (nSPS) is 15.8. The Morgan fingerprint density at radius 1 is 0.941 bits per heavy atom. The van der Waals surface area contributed by atoms with Gasteiger partial charge in [0, 0.05) is 75.0 Å². The Labute approximate surface area is 294 Å². The Bertz CT molecular complexity index is 1770. The van der Waals surface area contributed by atoms with Crippen molar-refractivity contribution in [3.8, 4) is 0 Å². The number of halogens is 3. The number of alkyl halides is 3. The SMILES string of the molecule is CN(CCN1CCOCC1)C(=O)c1cccc(C(=O)Nc2ccc(N3CCCCC3)cc2C(=O)N=C(N)/C=C\Nc2cccc(C(F)(F)F)c2)c1. The Morgan fingerprint density at radius 2 is 1.67 bits per heavy atom. The molecule has 2 heterocycles. The van der Waals surface area contributed by atoms with Crippen LogP contribution in [0.3, 0.4) is 0 Å². The highest BCUT2D eigenvalue weighted by atomic mass is 19.4. The number of aliphatic imine (C=N–C) groups is 1. The lowest BCUT2D eigenvalue weighted by atomic mass is 10.1.